The van der Waals surface area contributed by atoms with Crippen molar-refractivity contribution in [2.45, 2.75) is 33.6 Å². The molecule has 2 rings (SSSR count). The predicted octanol–water partition coefficient (Wildman–Crippen LogP) is 2.96. The molecule has 3 heteroatoms. The van der Waals surface area contributed by atoms with Crippen LogP contribution in [0.4, 0.5) is 0 Å². The second kappa shape index (κ2) is 4.63. The number of piperidine rings is 1. The summed E-state index contributed by atoms with van der Waals surface area (Å²) < 4.78 is 0. The van der Waals surface area contributed by atoms with E-state index in [1.807, 2.05) is 24.0 Å². The summed E-state index contributed by atoms with van der Waals surface area (Å²) >= 11 is 0. The van der Waals surface area contributed by atoms with E-state index in [-0.39, 0.29) is 11.7 Å². The number of rotatable bonds is 1. The molecular formula is C15H21NO2. The average Bonchev–Trinajstić information content (AvgIpc) is 2.32. The van der Waals surface area contributed by atoms with Gasteiger partial charge in [0.1, 0.15) is 5.75 Å². The number of hydrogen-bond donors (Lipinski definition) is 1. The quantitative estimate of drug-likeness (QED) is 0.828. The number of aromatic hydroxyl groups is 1. The number of amides is 1. The van der Waals surface area contributed by atoms with E-state index in [1.54, 1.807) is 6.07 Å². The highest BCUT2D eigenvalue weighted by Gasteiger charge is 2.29. The molecule has 1 aliphatic rings. The van der Waals surface area contributed by atoms with Gasteiger partial charge in [-0.1, -0.05) is 26.0 Å². The highest BCUT2D eigenvalue weighted by atomic mass is 16.3. The maximum Gasteiger partial charge on any atom is 0.257 e. The molecule has 0 saturated carbocycles. The normalized spacial score (nSPS) is 18.7. The Labute approximate surface area is 108 Å². The first-order chi connectivity index (χ1) is 8.41. The molecular weight excluding hydrogens is 226 g/mol. The molecule has 1 aliphatic heterocycles. The van der Waals surface area contributed by atoms with Crippen LogP contribution >= 0.6 is 0 Å². The van der Waals surface area contributed by atoms with Gasteiger partial charge in [-0.15, -0.1) is 0 Å². The van der Waals surface area contributed by atoms with E-state index in [1.165, 1.54) is 0 Å². The SMILES string of the molecule is Cc1cccc(C(=O)N2CCC(C)(C)CC2)c1O. The number of likely N-dealkylation sites (tertiary alicyclic amines) is 1. The zero-order valence-corrected chi connectivity index (χ0v) is 11.4. The third-order valence-electron chi connectivity index (χ3n) is 3.87. The molecule has 0 spiro atoms. The highest BCUT2D eigenvalue weighted by molar-refractivity contribution is 5.97. The zero-order chi connectivity index (χ0) is 13.3. The summed E-state index contributed by atoms with van der Waals surface area (Å²) in [4.78, 5) is 14.2. The van der Waals surface area contributed by atoms with Crippen molar-refractivity contribution in [3.63, 3.8) is 0 Å². The Kier molecular flexibility index (Phi) is 3.33. The lowest BCUT2D eigenvalue weighted by atomic mass is 9.82. The first kappa shape index (κ1) is 12.9. The molecule has 0 aliphatic carbocycles. The minimum Gasteiger partial charge on any atom is -0.507 e. The summed E-state index contributed by atoms with van der Waals surface area (Å²) in [5, 5.41) is 9.95. The molecule has 0 aromatic heterocycles. The van der Waals surface area contributed by atoms with Gasteiger partial charge in [0.15, 0.2) is 0 Å². The second-order valence-corrected chi connectivity index (χ2v) is 5.93. The Bertz CT molecular complexity index is 456. The van der Waals surface area contributed by atoms with Gasteiger partial charge in [-0.2, -0.15) is 0 Å². The van der Waals surface area contributed by atoms with Crippen molar-refractivity contribution in [3.05, 3.63) is 29.3 Å². The van der Waals surface area contributed by atoms with Crippen LogP contribution in [0.1, 0.15) is 42.6 Å². The van der Waals surface area contributed by atoms with E-state index >= 15 is 0 Å². The number of carbonyl (C=O) groups excluding carboxylic acids is 1. The maximum atomic E-state index is 12.3. The summed E-state index contributed by atoms with van der Waals surface area (Å²) in [5.41, 5.74) is 1.50. The minimum atomic E-state index is -0.0494. The number of para-hydroxylation sites is 1. The van der Waals surface area contributed by atoms with E-state index in [4.69, 9.17) is 0 Å². The first-order valence-corrected chi connectivity index (χ1v) is 6.48. The van der Waals surface area contributed by atoms with Crippen LogP contribution in [-0.4, -0.2) is 29.0 Å². The summed E-state index contributed by atoms with van der Waals surface area (Å²) in [7, 11) is 0. The fraction of sp³-hybridized carbons (Fsp3) is 0.533. The zero-order valence-electron chi connectivity index (χ0n) is 11.4. The average molecular weight is 247 g/mol. The fourth-order valence-corrected chi connectivity index (χ4v) is 2.32. The molecule has 3 nitrogen and oxygen atoms in total. The smallest absolute Gasteiger partial charge is 0.257 e. The molecule has 1 aromatic carbocycles. The van der Waals surface area contributed by atoms with Crippen LogP contribution < -0.4 is 0 Å². The van der Waals surface area contributed by atoms with Crippen molar-refractivity contribution in [2.75, 3.05) is 13.1 Å². The van der Waals surface area contributed by atoms with Crippen LogP contribution in [0, 0.1) is 12.3 Å². The van der Waals surface area contributed by atoms with Crippen molar-refractivity contribution in [1.82, 2.24) is 4.90 Å². The van der Waals surface area contributed by atoms with Gasteiger partial charge in [-0.25, -0.2) is 0 Å². The maximum absolute atomic E-state index is 12.3. The molecule has 0 atom stereocenters. The number of carbonyl (C=O) groups is 1. The monoisotopic (exact) mass is 247 g/mol. The Hall–Kier alpha value is -1.51. The Morgan fingerprint density at radius 1 is 1.28 bits per heavy atom. The third-order valence-corrected chi connectivity index (χ3v) is 3.87. The largest absolute Gasteiger partial charge is 0.507 e. The van der Waals surface area contributed by atoms with Crippen LogP contribution in [0.15, 0.2) is 18.2 Å². The Balaban J connectivity index is 2.15. The van der Waals surface area contributed by atoms with Gasteiger partial charge < -0.3 is 10.0 Å². The first-order valence-electron chi connectivity index (χ1n) is 6.48. The summed E-state index contributed by atoms with van der Waals surface area (Å²) in [6, 6.07) is 5.33. The molecule has 0 radical (unpaired) electrons. The lowest BCUT2D eigenvalue weighted by Gasteiger charge is -2.37. The van der Waals surface area contributed by atoms with Gasteiger partial charge in [-0.3, -0.25) is 4.79 Å². The van der Waals surface area contributed by atoms with Gasteiger partial charge in [0.05, 0.1) is 5.56 Å². The van der Waals surface area contributed by atoms with Gasteiger partial charge in [-0.05, 0) is 36.8 Å². The van der Waals surface area contributed by atoms with E-state index in [0.717, 1.165) is 31.5 Å². The van der Waals surface area contributed by atoms with Gasteiger partial charge in [0, 0.05) is 13.1 Å². The summed E-state index contributed by atoms with van der Waals surface area (Å²) in [6.07, 6.45) is 2.04. The number of phenols is 1. The van der Waals surface area contributed by atoms with E-state index in [0.29, 0.717) is 11.0 Å². The van der Waals surface area contributed by atoms with Crippen LogP contribution in [0.25, 0.3) is 0 Å². The Morgan fingerprint density at radius 3 is 2.50 bits per heavy atom. The van der Waals surface area contributed by atoms with E-state index in [9.17, 15) is 9.90 Å². The standard InChI is InChI=1S/C15H21NO2/c1-11-5-4-6-12(13(11)17)14(18)16-9-7-15(2,3)8-10-16/h4-6,17H,7-10H2,1-3H3. The highest BCUT2D eigenvalue weighted by Crippen LogP contribution is 2.31. The molecule has 1 fully saturated rings. The third kappa shape index (κ3) is 2.50. The molecule has 0 unspecified atom stereocenters. The van der Waals surface area contributed by atoms with E-state index < -0.39 is 0 Å². The van der Waals surface area contributed by atoms with Gasteiger partial charge >= 0.3 is 0 Å². The number of aryl methyl sites for hydroxylation is 1. The van der Waals surface area contributed by atoms with Crippen molar-refractivity contribution in [1.29, 1.82) is 0 Å². The topological polar surface area (TPSA) is 40.5 Å². The van der Waals surface area contributed by atoms with Crippen LogP contribution in [0.2, 0.25) is 0 Å². The number of benzene rings is 1. The summed E-state index contributed by atoms with van der Waals surface area (Å²) in [6.45, 7) is 7.84. The summed E-state index contributed by atoms with van der Waals surface area (Å²) in [5.74, 6) is 0.0685. The minimum absolute atomic E-state index is 0.0494. The lowest BCUT2D eigenvalue weighted by Crippen LogP contribution is -2.41. The van der Waals surface area contributed by atoms with Crippen LogP contribution in [-0.2, 0) is 0 Å². The molecule has 1 aromatic rings. The van der Waals surface area contributed by atoms with Crippen LogP contribution in [0.3, 0.4) is 0 Å². The van der Waals surface area contributed by atoms with Crippen molar-refractivity contribution in [2.24, 2.45) is 5.41 Å². The second-order valence-electron chi connectivity index (χ2n) is 5.93. The van der Waals surface area contributed by atoms with Gasteiger partial charge in [0.25, 0.3) is 5.91 Å². The number of hydrogen-bond acceptors (Lipinski definition) is 2. The van der Waals surface area contributed by atoms with Crippen molar-refractivity contribution < 1.29 is 9.90 Å². The molecule has 98 valence electrons. The molecule has 1 heterocycles. The van der Waals surface area contributed by atoms with Crippen molar-refractivity contribution in [3.8, 4) is 5.75 Å². The fourth-order valence-electron chi connectivity index (χ4n) is 2.32. The molecule has 18 heavy (non-hydrogen) atoms. The number of nitrogens with zero attached hydrogens (tertiary/aromatic N) is 1. The molecule has 1 amide bonds. The Morgan fingerprint density at radius 2 is 1.89 bits per heavy atom. The van der Waals surface area contributed by atoms with Crippen molar-refractivity contribution >= 4 is 5.91 Å². The van der Waals surface area contributed by atoms with Crippen LogP contribution in [0.5, 0.6) is 5.75 Å². The lowest BCUT2D eigenvalue weighted by molar-refractivity contribution is 0.0627. The number of phenolic OH excluding ortho intramolecular Hbond substituents is 1. The predicted molar refractivity (Wildman–Crippen MR) is 71.8 cm³/mol. The van der Waals surface area contributed by atoms with Gasteiger partial charge in [0.2, 0.25) is 0 Å². The molecule has 1 N–H and O–H groups in total. The molecule has 1 saturated heterocycles. The molecule has 0 bridgehead atoms. The van der Waals surface area contributed by atoms with E-state index in [2.05, 4.69) is 13.8 Å².